The molecule has 0 aliphatic heterocycles. The summed E-state index contributed by atoms with van der Waals surface area (Å²) in [6.07, 6.45) is 9.23. The molecule has 1 aliphatic rings. The predicted molar refractivity (Wildman–Crippen MR) is 59.0 cm³/mol. The number of hydrogen-bond acceptors (Lipinski definition) is 1. The van der Waals surface area contributed by atoms with E-state index in [9.17, 15) is 5.11 Å². The molecule has 0 heterocycles. The van der Waals surface area contributed by atoms with Crippen molar-refractivity contribution in [1.29, 1.82) is 0 Å². The van der Waals surface area contributed by atoms with E-state index in [0.717, 1.165) is 12.0 Å². The minimum absolute atomic E-state index is 0.146. The lowest BCUT2D eigenvalue weighted by molar-refractivity contribution is 0.281. The first-order chi connectivity index (χ1) is 6.92. The zero-order chi connectivity index (χ0) is 9.80. The summed E-state index contributed by atoms with van der Waals surface area (Å²) < 4.78 is 0. The van der Waals surface area contributed by atoms with E-state index in [4.69, 9.17) is 0 Å². The van der Waals surface area contributed by atoms with Gasteiger partial charge < -0.3 is 5.11 Å². The first kappa shape index (κ1) is 9.47. The summed E-state index contributed by atoms with van der Waals surface area (Å²) in [5.74, 6) is 0. The van der Waals surface area contributed by atoms with Gasteiger partial charge in [0.15, 0.2) is 0 Å². The number of benzene rings is 1. The van der Waals surface area contributed by atoms with E-state index < -0.39 is 0 Å². The van der Waals surface area contributed by atoms with E-state index in [0.29, 0.717) is 0 Å². The second kappa shape index (κ2) is 4.43. The van der Waals surface area contributed by atoms with Crippen molar-refractivity contribution in [2.75, 3.05) is 0 Å². The lowest BCUT2D eigenvalue weighted by Crippen LogP contribution is -1.97. The van der Waals surface area contributed by atoms with Crippen LogP contribution in [0.1, 0.15) is 36.0 Å². The van der Waals surface area contributed by atoms with Gasteiger partial charge in [0, 0.05) is 0 Å². The van der Waals surface area contributed by atoms with Crippen LogP contribution in [-0.2, 0) is 13.0 Å². The molecule has 14 heavy (non-hydrogen) atoms. The summed E-state index contributed by atoms with van der Waals surface area (Å²) in [4.78, 5) is 0. The molecule has 0 aromatic heterocycles. The third-order valence-electron chi connectivity index (χ3n) is 2.81. The fourth-order valence-corrected chi connectivity index (χ4v) is 2.01. The summed E-state index contributed by atoms with van der Waals surface area (Å²) in [5, 5.41) is 9.22. The molecule has 0 atom stereocenters. The van der Waals surface area contributed by atoms with Crippen LogP contribution < -0.4 is 0 Å². The van der Waals surface area contributed by atoms with Crippen molar-refractivity contribution in [2.24, 2.45) is 0 Å². The molecule has 0 fully saturated rings. The van der Waals surface area contributed by atoms with Crippen LogP contribution in [0.3, 0.4) is 0 Å². The molecule has 74 valence electrons. The Labute approximate surface area is 85.1 Å². The van der Waals surface area contributed by atoms with Crippen molar-refractivity contribution < 1.29 is 5.11 Å². The summed E-state index contributed by atoms with van der Waals surface area (Å²) in [5.41, 5.74) is 3.68. The van der Waals surface area contributed by atoms with Crippen molar-refractivity contribution in [2.45, 2.75) is 32.3 Å². The molecule has 0 saturated heterocycles. The molecule has 0 bridgehead atoms. The van der Waals surface area contributed by atoms with Crippen LogP contribution in [0.5, 0.6) is 0 Å². The Hall–Kier alpha value is -1.08. The minimum Gasteiger partial charge on any atom is -0.392 e. The Kier molecular flexibility index (Phi) is 3.00. The van der Waals surface area contributed by atoms with E-state index in [2.05, 4.69) is 18.2 Å². The van der Waals surface area contributed by atoms with E-state index >= 15 is 0 Å². The number of aryl methyl sites for hydroxylation is 1. The summed E-state index contributed by atoms with van der Waals surface area (Å²) >= 11 is 0. The van der Waals surface area contributed by atoms with Crippen LogP contribution in [0, 0.1) is 0 Å². The molecule has 0 saturated carbocycles. The number of aliphatic hydroxyl groups excluding tert-OH is 1. The molecular weight excluding hydrogens is 172 g/mol. The van der Waals surface area contributed by atoms with Crippen LogP contribution >= 0.6 is 0 Å². The Morgan fingerprint density at radius 2 is 2.14 bits per heavy atom. The molecule has 0 spiro atoms. The lowest BCUT2D eigenvalue weighted by Gasteiger charge is -2.12. The average Bonchev–Trinajstić information content (AvgIpc) is 2.18. The van der Waals surface area contributed by atoms with Gasteiger partial charge in [-0.15, -0.1) is 0 Å². The fourth-order valence-electron chi connectivity index (χ4n) is 2.01. The predicted octanol–water partition coefficient (Wildman–Crippen LogP) is 2.92. The number of aliphatic hydroxyl groups is 1. The molecule has 1 aromatic rings. The molecule has 1 aliphatic carbocycles. The molecule has 1 heteroatoms. The van der Waals surface area contributed by atoms with Gasteiger partial charge >= 0.3 is 0 Å². The van der Waals surface area contributed by atoms with E-state index in [1.807, 2.05) is 12.1 Å². The molecular formula is C13H16O. The van der Waals surface area contributed by atoms with Crippen molar-refractivity contribution in [3.63, 3.8) is 0 Å². The highest BCUT2D eigenvalue weighted by molar-refractivity contribution is 5.58. The topological polar surface area (TPSA) is 20.2 Å². The summed E-state index contributed by atoms with van der Waals surface area (Å²) in [6.45, 7) is 0.146. The third kappa shape index (κ3) is 1.88. The van der Waals surface area contributed by atoms with Crippen molar-refractivity contribution in [3.8, 4) is 0 Å². The van der Waals surface area contributed by atoms with Gasteiger partial charge in [-0.2, -0.15) is 0 Å². The SMILES string of the molecule is OCc1cccc2c1C=CCCCC2. The average molecular weight is 188 g/mol. The monoisotopic (exact) mass is 188 g/mol. The maximum Gasteiger partial charge on any atom is 0.0687 e. The second-order valence-corrected chi connectivity index (χ2v) is 3.80. The van der Waals surface area contributed by atoms with Crippen molar-refractivity contribution in [3.05, 3.63) is 41.0 Å². The van der Waals surface area contributed by atoms with Crippen LogP contribution in [0.15, 0.2) is 24.3 Å². The van der Waals surface area contributed by atoms with Crippen LogP contribution in [0.4, 0.5) is 0 Å². The third-order valence-corrected chi connectivity index (χ3v) is 2.81. The van der Waals surface area contributed by atoms with Crippen molar-refractivity contribution >= 4 is 6.08 Å². The Bertz CT molecular complexity index is 339. The second-order valence-electron chi connectivity index (χ2n) is 3.80. The first-order valence-corrected chi connectivity index (χ1v) is 5.30. The smallest absolute Gasteiger partial charge is 0.0687 e. The molecule has 0 amide bonds. The van der Waals surface area contributed by atoms with Gasteiger partial charge in [0.1, 0.15) is 0 Å². The molecule has 0 unspecified atom stereocenters. The first-order valence-electron chi connectivity index (χ1n) is 5.30. The number of hydrogen-bond donors (Lipinski definition) is 1. The van der Waals surface area contributed by atoms with Crippen LogP contribution in [-0.4, -0.2) is 5.11 Å². The van der Waals surface area contributed by atoms with Gasteiger partial charge in [-0.05, 0) is 42.4 Å². The molecule has 1 aromatic carbocycles. The maximum absolute atomic E-state index is 9.22. The zero-order valence-electron chi connectivity index (χ0n) is 8.37. The van der Waals surface area contributed by atoms with Crippen molar-refractivity contribution in [1.82, 2.24) is 0 Å². The largest absolute Gasteiger partial charge is 0.392 e. The number of allylic oxidation sites excluding steroid dienone is 1. The van der Waals surface area contributed by atoms with Crippen LogP contribution in [0.25, 0.3) is 6.08 Å². The Balaban J connectivity index is 2.44. The number of rotatable bonds is 1. The number of fused-ring (bicyclic) bond motifs is 1. The summed E-state index contributed by atoms with van der Waals surface area (Å²) in [7, 11) is 0. The Morgan fingerprint density at radius 1 is 1.21 bits per heavy atom. The minimum atomic E-state index is 0.146. The molecule has 1 nitrogen and oxygen atoms in total. The lowest BCUT2D eigenvalue weighted by atomic mass is 9.94. The fraction of sp³-hybridized carbons (Fsp3) is 0.385. The van der Waals surface area contributed by atoms with E-state index in [1.165, 1.54) is 30.4 Å². The quantitative estimate of drug-likeness (QED) is 0.718. The normalized spacial score (nSPS) is 15.8. The highest BCUT2D eigenvalue weighted by Crippen LogP contribution is 2.22. The highest BCUT2D eigenvalue weighted by Gasteiger charge is 2.06. The van der Waals surface area contributed by atoms with Gasteiger partial charge in [0.05, 0.1) is 6.61 Å². The Morgan fingerprint density at radius 3 is 3.00 bits per heavy atom. The van der Waals surface area contributed by atoms with Gasteiger partial charge in [0.2, 0.25) is 0 Å². The van der Waals surface area contributed by atoms with Gasteiger partial charge in [-0.25, -0.2) is 0 Å². The van der Waals surface area contributed by atoms with E-state index in [1.54, 1.807) is 0 Å². The van der Waals surface area contributed by atoms with Gasteiger partial charge in [-0.3, -0.25) is 0 Å². The standard InChI is InChI=1S/C13H16O/c14-10-12-8-5-7-11-6-3-1-2-4-9-13(11)12/h4-5,7-9,14H,1-3,6,10H2. The highest BCUT2D eigenvalue weighted by atomic mass is 16.3. The van der Waals surface area contributed by atoms with Gasteiger partial charge in [-0.1, -0.05) is 30.4 Å². The zero-order valence-corrected chi connectivity index (χ0v) is 8.37. The molecule has 1 N–H and O–H groups in total. The maximum atomic E-state index is 9.22. The molecule has 0 radical (unpaired) electrons. The van der Waals surface area contributed by atoms with E-state index in [-0.39, 0.29) is 6.61 Å². The molecule has 2 rings (SSSR count). The van der Waals surface area contributed by atoms with Gasteiger partial charge in [0.25, 0.3) is 0 Å². The van der Waals surface area contributed by atoms with Crippen LogP contribution in [0.2, 0.25) is 0 Å². The summed E-state index contributed by atoms with van der Waals surface area (Å²) in [6, 6.07) is 6.22.